The zero-order chi connectivity index (χ0) is 8.27. The Bertz CT molecular complexity index is 249. The molecule has 0 spiro atoms. The highest BCUT2D eigenvalue weighted by Gasteiger charge is 2.03. The second-order valence-electron chi connectivity index (χ2n) is 2.02. The van der Waals surface area contributed by atoms with Gasteiger partial charge < -0.3 is 5.73 Å². The highest BCUT2D eigenvalue weighted by molar-refractivity contribution is 5.92. The number of hydrogen-bond donors (Lipinski definition) is 2. The van der Waals surface area contributed by atoms with Crippen LogP contribution in [0, 0.1) is 0 Å². The Morgan fingerprint density at radius 3 is 3.00 bits per heavy atom. The lowest BCUT2D eigenvalue weighted by molar-refractivity contribution is 0.483. The lowest BCUT2D eigenvalue weighted by atomic mass is 10.4. The first-order chi connectivity index (χ1) is 5.24. The summed E-state index contributed by atoms with van der Waals surface area (Å²) in [4.78, 5) is 3.95. The molecule has 0 fully saturated rings. The van der Waals surface area contributed by atoms with Crippen LogP contribution in [0.1, 0.15) is 0 Å². The second-order valence-corrected chi connectivity index (χ2v) is 2.02. The Balaban J connectivity index is 2.89. The third-order valence-electron chi connectivity index (χ3n) is 1.18. The number of rotatable bonds is 1. The van der Waals surface area contributed by atoms with Gasteiger partial charge in [-0.15, -0.1) is 0 Å². The molecule has 0 aromatic rings. The van der Waals surface area contributed by atoms with E-state index in [9.17, 15) is 0 Å². The fourth-order valence-corrected chi connectivity index (χ4v) is 0.689. The first-order valence-electron chi connectivity index (χ1n) is 3.13. The molecule has 0 aliphatic carbocycles. The van der Waals surface area contributed by atoms with Gasteiger partial charge in [0, 0.05) is 6.20 Å². The van der Waals surface area contributed by atoms with Crippen LogP contribution in [0.25, 0.3) is 0 Å². The predicted molar refractivity (Wildman–Crippen MR) is 45.1 cm³/mol. The van der Waals surface area contributed by atoms with Crippen molar-refractivity contribution in [2.45, 2.75) is 0 Å². The molecule has 0 bridgehead atoms. The number of nitrogens with zero attached hydrogens (tertiary/aromatic N) is 2. The Morgan fingerprint density at radius 1 is 1.64 bits per heavy atom. The van der Waals surface area contributed by atoms with Gasteiger partial charge in [0.1, 0.15) is 11.7 Å². The third kappa shape index (κ3) is 1.68. The van der Waals surface area contributed by atoms with Crippen LogP contribution in [-0.2, 0) is 0 Å². The molecule has 58 valence electrons. The number of allylic oxidation sites excluding steroid dienone is 2. The highest BCUT2D eigenvalue weighted by atomic mass is 15.4. The van der Waals surface area contributed by atoms with E-state index >= 15 is 0 Å². The number of aliphatic imine (C=N–C) groups is 1. The van der Waals surface area contributed by atoms with E-state index in [1.165, 1.54) is 5.01 Å². The van der Waals surface area contributed by atoms with Crippen molar-refractivity contribution in [2.75, 3.05) is 0 Å². The van der Waals surface area contributed by atoms with E-state index in [4.69, 9.17) is 11.6 Å². The van der Waals surface area contributed by atoms with E-state index in [2.05, 4.69) is 11.6 Å². The van der Waals surface area contributed by atoms with Crippen LogP contribution in [-0.4, -0.2) is 10.8 Å². The van der Waals surface area contributed by atoms with Gasteiger partial charge in [0.2, 0.25) is 0 Å². The molecule has 4 heteroatoms. The summed E-state index contributed by atoms with van der Waals surface area (Å²) in [6.45, 7) is 3.52. The molecule has 0 aromatic carbocycles. The van der Waals surface area contributed by atoms with E-state index < -0.39 is 0 Å². The standard InChI is InChI=1S/C7H10N4/c1-2-3-7-10-6(8)4-5-11(7)9/h2-5H,1,9H2,(H2,8,10)/b7-3-. The first kappa shape index (κ1) is 7.56. The lowest BCUT2D eigenvalue weighted by Gasteiger charge is -2.16. The van der Waals surface area contributed by atoms with E-state index in [1.54, 1.807) is 24.4 Å². The molecule has 1 aliphatic rings. The van der Waals surface area contributed by atoms with Crippen molar-refractivity contribution in [1.29, 1.82) is 0 Å². The monoisotopic (exact) mass is 150 g/mol. The van der Waals surface area contributed by atoms with Crippen molar-refractivity contribution in [1.82, 2.24) is 5.01 Å². The van der Waals surface area contributed by atoms with Crippen molar-refractivity contribution in [2.24, 2.45) is 16.6 Å². The van der Waals surface area contributed by atoms with E-state index in [1.807, 2.05) is 0 Å². The minimum absolute atomic E-state index is 0.444. The molecule has 1 aliphatic heterocycles. The van der Waals surface area contributed by atoms with Crippen molar-refractivity contribution < 1.29 is 0 Å². The van der Waals surface area contributed by atoms with Gasteiger partial charge in [0.05, 0.1) is 0 Å². The second kappa shape index (κ2) is 3.03. The van der Waals surface area contributed by atoms with Crippen LogP contribution in [0.4, 0.5) is 0 Å². The summed E-state index contributed by atoms with van der Waals surface area (Å²) in [6.07, 6.45) is 6.54. The Morgan fingerprint density at radius 2 is 2.36 bits per heavy atom. The molecule has 0 saturated heterocycles. The molecule has 1 heterocycles. The smallest absolute Gasteiger partial charge is 0.149 e. The SMILES string of the molecule is C=C/C=C1/N=C(N)C=CN1N. The molecule has 4 nitrogen and oxygen atoms in total. The minimum Gasteiger partial charge on any atom is -0.384 e. The van der Waals surface area contributed by atoms with E-state index in [-0.39, 0.29) is 0 Å². The van der Waals surface area contributed by atoms with Gasteiger partial charge in [0.15, 0.2) is 0 Å². The molecule has 0 unspecified atom stereocenters. The van der Waals surface area contributed by atoms with Gasteiger partial charge in [-0.2, -0.15) is 0 Å². The van der Waals surface area contributed by atoms with Gasteiger partial charge >= 0.3 is 0 Å². The summed E-state index contributed by atoms with van der Waals surface area (Å²) in [7, 11) is 0. The van der Waals surface area contributed by atoms with E-state index in [0.29, 0.717) is 11.7 Å². The Labute approximate surface area is 65.2 Å². The van der Waals surface area contributed by atoms with Crippen LogP contribution < -0.4 is 11.6 Å². The molecular weight excluding hydrogens is 140 g/mol. The quantitative estimate of drug-likeness (QED) is 0.520. The van der Waals surface area contributed by atoms with Crippen molar-refractivity contribution >= 4 is 5.84 Å². The van der Waals surface area contributed by atoms with Gasteiger partial charge in [-0.05, 0) is 12.2 Å². The van der Waals surface area contributed by atoms with E-state index in [0.717, 1.165) is 0 Å². The summed E-state index contributed by atoms with van der Waals surface area (Å²) < 4.78 is 0. The van der Waals surface area contributed by atoms with Crippen LogP contribution in [0.2, 0.25) is 0 Å². The normalized spacial score (nSPS) is 20.3. The van der Waals surface area contributed by atoms with Gasteiger partial charge in [-0.1, -0.05) is 12.7 Å². The molecule has 4 N–H and O–H groups in total. The number of hydrogen-bond acceptors (Lipinski definition) is 4. The van der Waals surface area contributed by atoms with Crippen LogP contribution in [0.15, 0.2) is 41.8 Å². The summed E-state index contributed by atoms with van der Waals surface area (Å²) in [5, 5.41) is 1.37. The van der Waals surface area contributed by atoms with Crippen molar-refractivity contribution in [3.63, 3.8) is 0 Å². The van der Waals surface area contributed by atoms with Gasteiger partial charge in [0.25, 0.3) is 0 Å². The molecular formula is C7H10N4. The van der Waals surface area contributed by atoms with Crippen LogP contribution in [0.3, 0.4) is 0 Å². The molecule has 0 saturated carbocycles. The Kier molecular flexibility index (Phi) is 2.08. The molecule has 11 heavy (non-hydrogen) atoms. The summed E-state index contributed by atoms with van der Waals surface area (Å²) >= 11 is 0. The largest absolute Gasteiger partial charge is 0.384 e. The average Bonchev–Trinajstić information content (AvgIpc) is 1.98. The number of nitrogens with two attached hydrogens (primary N) is 2. The fourth-order valence-electron chi connectivity index (χ4n) is 0.689. The van der Waals surface area contributed by atoms with Gasteiger partial charge in [-0.3, -0.25) is 5.01 Å². The average molecular weight is 150 g/mol. The molecule has 0 aromatic heterocycles. The number of hydrazine groups is 1. The topological polar surface area (TPSA) is 67.6 Å². The van der Waals surface area contributed by atoms with Crippen LogP contribution >= 0.6 is 0 Å². The first-order valence-corrected chi connectivity index (χ1v) is 3.13. The summed E-state index contributed by atoms with van der Waals surface area (Å²) in [5.41, 5.74) is 5.42. The molecule has 0 radical (unpaired) electrons. The van der Waals surface area contributed by atoms with Crippen molar-refractivity contribution in [3.8, 4) is 0 Å². The van der Waals surface area contributed by atoms with Crippen molar-refractivity contribution in [3.05, 3.63) is 36.8 Å². The zero-order valence-electron chi connectivity index (χ0n) is 6.07. The maximum absolute atomic E-state index is 5.50. The summed E-state index contributed by atoms with van der Waals surface area (Å²) in [6, 6.07) is 0. The summed E-state index contributed by atoms with van der Waals surface area (Å²) in [5.74, 6) is 6.52. The predicted octanol–water partition coefficient (Wildman–Crippen LogP) is 0.0740. The Hall–Kier alpha value is -1.55. The fraction of sp³-hybridized carbons (Fsp3) is 0. The van der Waals surface area contributed by atoms with Gasteiger partial charge in [-0.25, -0.2) is 10.8 Å². The number of amidine groups is 1. The lowest BCUT2D eigenvalue weighted by Crippen LogP contribution is -2.28. The zero-order valence-corrected chi connectivity index (χ0v) is 6.07. The third-order valence-corrected chi connectivity index (χ3v) is 1.18. The van der Waals surface area contributed by atoms with Crippen LogP contribution in [0.5, 0.6) is 0 Å². The molecule has 0 amide bonds. The molecule has 0 atom stereocenters. The minimum atomic E-state index is 0.444. The maximum atomic E-state index is 5.50. The maximum Gasteiger partial charge on any atom is 0.149 e. The molecule has 1 rings (SSSR count). The highest BCUT2D eigenvalue weighted by Crippen LogP contribution is 2.05.